The van der Waals surface area contributed by atoms with Gasteiger partial charge < -0.3 is 10.3 Å². The standard InChI is InChI=1S/C16H23N3/c1-3-5-11-9-15(11)19-14-8-7-12(17)10-13(14)18-16(19)6-4-2/h7-8,10-11,15H,3-6,9,17H2,1-2H3. The third kappa shape index (κ3) is 2.22. The Morgan fingerprint density at radius 1 is 1.32 bits per heavy atom. The summed E-state index contributed by atoms with van der Waals surface area (Å²) in [5, 5.41) is 0. The second-order valence-corrected chi connectivity index (χ2v) is 5.75. The summed E-state index contributed by atoms with van der Waals surface area (Å²) in [5.74, 6) is 2.10. The Bertz CT molecular complexity index is 585. The second kappa shape index (κ2) is 4.87. The molecular weight excluding hydrogens is 234 g/mol. The minimum atomic E-state index is 0.676. The first-order valence-electron chi connectivity index (χ1n) is 7.51. The monoisotopic (exact) mass is 257 g/mol. The average molecular weight is 257 g/mol. The van der Waals surface area contributed by atoms with Crippen molar-refractivity contribution in [2.24, 2.45) is 5.92 Å². The van der Waals surface area contributed by atoms with E-state index in [0.29, 0.717) is 6.04 Å². The Morgan fingerprint density at radius 2 is 2.16 bits per heavy atom. The molecule has 102 valence electrons. The third-order valence-corrected chi connectivity index (χ3v) is 4.14. The van der Waals surface area contributed by atoms with Crippen LogP contribution in [0.5, 0.6) is 0 Å². The minimum Gasteiger partial charge on any atom is -0.399 e. The van der Waals surface area contributed by atoms with Gasteiger partial charge in [0.1, 0.15) is 5.82 Å². The van der Waals surface area contributed by atoms with Crippen LogP contribution in [0.4, 0.5) is 5.69 Å². The van der Waals surface area contributed by atoms with E-state index in [-0.39, 0.29) is 0 Å². The summed E-state index contributed by atoms with van der Waals surface area (Å²) in [5.41, 5.74) is 9.01. The molecule has 0 saturated heterocycles. The number of anilines is 1. The SMILES string of the molecule is CCCc1nc2cc(N)ccc2n1C1CC1CCC. The van der Waals surface area contributed by atoms with E-state index in [0.717, 1.165) is 30.0 Å². The molecule has 0 amide bonds. The summed E-state index contributed by atoms with van der Waals surface area (Å²) in [6, 6.07) is 6.81. The van der Waals surface area contributed by atoms with Gasteiger partial charge in [-0.2, -0.15) is 0 Å². The molecule has 2 atom stereocenters. The lowest BCUT2D eigenvalue weighted by Crippen LogP contribution is -2.03. The van der Waals surface area contributed by atoms with Crippen LogP contribution in [0.25, 0.3) is 11.0 Å². The molecule has 2 unspecified atom stereocenters. The summed E-state index contributed by atoms with van der Waals surface area (Å²) in [6.45, 7) is 4.49. The van der Waals surface area contributed by atoms with Crippen molar-refractivity contribution in [2.75, 3.05) is 5.73 Å². The van der Waals surface area contributed by atoms with Crippen molar-refractivity contribution in [1.29, 1.82) is 0 Å². The predicted octanol–water partition coefficient (Wildman–Crippen LogP) is 3.93. The number of fused-ring (bicyclic) bond motifs is 1. The fourth-order valence-corrected chi connectivity index (χ4v) is 3.16. The minimum absolute atomic E-state index is 0.676. The number of hydrogen-bond donors (Lipinski definition) is 1. The number of nitrogen functional groups attached to an aromatic ring is 1. The maximum Gasteiger partial charge on any atom is 0.110 e. The summed E-state index contributed by atoms with van der Waals surface area (Å²) in [6.07, 6.45) is 6.14. The van der Waals surface area contributed by atoms with Gasteiger partial charge in [0, 0.05) is 18.2 Å². The number of benzene rings is 1. The van der Waals surface area contributed by atoms with E-state index in [2.05, 4.69) is 24.5 Å². The van der Waals surface area contributed by atoms with Gasteiger partial charge in [0.2, 0.25) is 0 Å². The van der Waals surface area contributed by atoms with E-state index in [4.69, 9.17) is 10.7 Å². The van der Waals surface area contributed by atoms with Crippen LogP contribution in [0.2, 0.25) is 0 Å². The van der Waals surface area contributed by atoms with E-state index in [1.54, 1.807) is 0 Å². The molecule has 1 aromatic carbocycles. The molecule has 2 aromatic rings. The molecule has 19 heavy (non-hydrogen) atoms. The van der Waals surface area contributed by atoms with Gasteiger partial charge in [0.05, 0.1) is 11.0 Å². The number of aryl methyl sites for hydroxylation is 1. The molecule has 1 fully saturated rings. The van der Waals surface area contributed by atoms with Crippen LogP contribution in [0.3, 0.4) is 0 Å². The van der Waals surface area contributed by atoms with Crippen LogP contribution in [0.1, 0.15) is 51.4 Å². The quantitative estimate of drug-likeness (QED) is 0.825. The van der Waals surface area contributed by atoms with E-state index < -0.39 is 0 Å². The summed E-state index contributed by atoms with van der Waals surface area (Å²) in [7, 11) is 0. The van der Waals surface area contributed by atoms with Gasteiger partial charge in [-0.15, -0.1) is 0 Å². The normalized spacial score (nSPS) is 22.0. The third-order valence-electron chi connectivity index (χ3n) is 4.14. The number of imidazole rings is 1. The first kappa shape index (κ1) is 12.5. The van der Waals surface area contributed by atoms with Gasteiger partial charge in [-0.3, -0.25) is 0 Å². The highest BCUT2D eigenvalue weighted by atomic mass is 15.1. The Labute approximate surface area is 114 Å². The van der Waals surface area contributed by atoms with Crippen LogP contribution >= 0.6 is 0 Å². The predicted molar refractivity (Wildman–Crippen MR) is 80.2 cm³/mol. The Kier molecular flexibility index (Phi) is 3.21. The fourth-order valence-electron chi connectivity index (χ4n) is 3.16. The fraction of sp³-hybridized carbons (Fsp3) is 0.562. The average Bonchev–Trinajstić information content (AvgIpc) is 3.03. The topological polar surface area (TPSA) is 43.8 Å². The van der Waals surface area contributed by atoms with Crippen molar-refractivity contribution >= 4 is 16.7 Å². The molecule has 3 rings (SSSR count). The molecule has 1 aliphatic rings. The lowest BCUT2D eigenvalue weighted by molar-refractivity contribution is 0.594. The number of nitrogens with two attached hydrogens (primary N) is 1. The first-order valence-corrected chi connectivity index (χ1v) is 7.51. The molecule has 3 heteroatoms. The maximum atomic E-state index is 5.87. The van der Waals surface area contributed by atoms with Crippen LogP contribution in [0, 0.1) is 5.92 Å². The lowest BCUT2D eigenvalue weighted by atomic mass is 10.2. The highest BCUT2D eigenvalue weighted by molar-refractivity contribution is 5.80. The summed E-state index contributed by atoms with van der Waals surface area (Å²) in [4.78, 5) is 4.80. The highest BCUT2D eigenvalue weighted by Gasteiger charge is 2.39. The molecule has 0 aliphatic heterocycles. The van der Waals surface area contributed by atoms with Crippen molar-refractivity contribution in [2.45, 2.75) is 52.0 Å². The Balaban J connectivity index is 2.02. The molecule has 1 saturated carbocycles. The van der Waals surface area contributed by atoms with Crippen LogP contribution < -0.4 is 5.73 Å². The van der Waals surface area contributed by atoms with Gasteiger partial charge in [0.25, 0.3) is 0 Å². The first-order chi connectivity index (χ1) is 9.24. The number of rotatable bonds is 5. The molecule has 3 nitrogen and oxygen atoms in total. The molecule has 1 heterocycles. The Morgan fingerprint density at radius 3 is 2.89 bits per heavy atom. The van der Waals surface area contributed by atoms with Crippen molar-refractivity contribution in [3.8, 4) is 0 Å². The van der Waals surface area contributed by atoms with E-state index in [9.17, 15) is 0 Å². The van der Waals surface area contributed by atoms with Crippen molar-refractivity contribution in [1.82, 2.24) is 9.55 Å². The summed E-state index contributed by atoms with van der Waals surface area (Å²) >= 11 is 0. The van der Waals surface area contributed by atoms with Gasteiger partial charge in [-0.1, -0.05) is 20.3 Å². The molecule has 0 spiro atoms. The van der Waals surface area contributed by atoms with E-state index in [1.807, 2.05) is 12.1 Å². The number of aromatic nitrogens is 2. The Hall–Kier alpha value is -1.51. The van der Waals surface area contributed by atoms with Gasteiger partial charge in [-0.25, -0.2) is 4.98 Å². The molecule has 0 bridgehead atoms. The lowest BCUT2D eigenvalue weighted by Gasteiger charge is -2.08. The van der Waals surface area contributed by atoms with Gasteiger partial charge in [0.15, 0.2) is 0 Å². The van der Waals surface area contributed by atoms with Crippen LogP contribution in [-0.2, 0) is 6.42 Å². The zero-order valence-electron chi connectivity index (χ0n) is 11.9. The van der Waals surface area contributed by atoms with E-state index >= 15 is 0 Å². The number of nitrogens with zero attached hydrogens (tertiary/aromatic N) is 2. The van der Waals surface area contributed by atoms with E-state index in [1.165, 1.54) is 30.6 Å². The molecule has 1 aromatic heterocycles. The number of hydrogen-bond acceptors (Lipinski definition) is 2. The zero-order chi connectivity index (χ0) is 13.4. The van der Waals surface area contributed by atoms with Crippen LogP contribution in [0.15, 0.2) is 18.2 Å². The largest absolute Gasteiger partial charge is 0.399 e. The molecule has 0 radical (unpaired) electrons. The highest BCUT2D eigenvalue weighted by Crippen LogP contribution is 2.48. The smallest absolute Gasteiger partial charge is 0.110 e. The van der Waals surface area contributed by atoms with Crippen LogP contribution in [-0.4, -0.2) is 9.55 Å². The summed E-state index contributed by atoms with van der Waals surface area (Å²) < 4.78 is 2.48. The van der Waals surface area contributed by atoms with Gasteiger partial charge >= 0.3 is 0 Å². The molecular formula is C16H23N3. The van der Waals surface area contributed by atoms with Crippen molar-refractivity contribution in [3.63, 3.8) is 0 Å². The van der Waals surface area contributed by atoms with Crippen molar-refractivity contribution < 1.29 is 0 Å². The maximum absolute atomic E-state index is 5.87. The second-order valence-electron chi connectivity index (χ2n) is 5.75. The van der Waals surface area contributed by atoms with Crippen molar-refractivity contribution in [3.05, 3.63) is 24.0 Å². The molecule has 1 aliphatic carbocycles. The zero-order valence-corrected chi connectivity index (χ0v) is 11.9. The van der Waals surface area contributed by atoms with Gasteiger partial charge in [-0.05, 0) is 43.4 Å². The molecule has 2 N–H and O–H groups in total.